The molecular weight excluding hydrogens is 318 g/mol. The number of rotatable bonds is 5. The molecule has 0 radical (unpaired) electrons. The van der Waals surface area contributed by atoms with Gasteiger partial charge in [-0.15, -0.1) is 10.2 Å². The number of anilines is 1. The molecule has 1 N–H and O–H groups in total. The molecule has 8 heteroatoms. The predicted octanol–water partition coefficient (Wildman–Crippen LogP) is 2.90. The van der Waals surface area contributed by atoms with Gasteiger partial charge in [0.2, 0.25) is 11.8 Å². The molecule has 96 valence electrons. The summed E-state index contributed by atoms with van der Waals surface area (Å²) >= 11 is 4.70. The SMILES string of the molecule is CCCNc1ncc(Br)c(Sc2nnc(C)o2)n1. The van der Waals surface area contributed by atoms with Gasteiger partial charge >= 0.3 is 0 Å². The van der Waals surface area contributed by atoms with E-state index < -0.39 is 0 Å². The molecule has 2 aromatic heterocycles. The van der Waals surface area contributed by atoms with Crippen LogP contribution >= 0.6 is 27.7 Å². The summed E-state index contributed by atoms with van der Waals surface area (Å²) in [4.78, 5) is 8.55. The molecule has 0 aliphatic heterocycles. The van der Waals surface area contributed by atoms with E-state index in [1.165, 1.54) is 11.8 Å². The highest BCUT2D eigenvalue weighted by Gasteiger charge is 2.11. The second kappa shape index (κ2) is 6.14. The second-order valence-corrected chi connectivity index (χ2v) is 5.26. The monoisotopic (exact) mass is 329 g/mol. The van der Waals surface area contributed by atoms with Gasteiger partial charge in [0.15, 0.2) is 0 Å². The lowest BCUT2D eigenvalue weighted by Gasteiger charge is -2.05. The zero-order valence-corrected chi connectivity index (χ0v) is 12.4. The zero-order valence-electron chi connectivity index (χ0n) is 9.97. The summed E-state index contributed by atoms with van der Waals surface area (Å²) in [6.07, 6.45) is 2.72. The lowest BCUT2D eigenvalue weighted by molar-refractivity contribution is 0.429. The Morgan fingerprint density at radius 2 is 2.28 bits per heavy atom. The first-order valence-corrected chi connectivity index (χ1v) is 7.04. The van der Waals surface area contributed by atoms with E-state index in [0.29, 0.717) is 17.1 Å². The van der Waals surface area contributed by atoms with E-state index in [-0.39, 0.29) is 0 Å². The fourth-order valence-electron chi connectivity index (χ4n) is 1.15. The third kappa shape index (κ3) is 3.42. The Morgan fingerprint density at radius 3 is 2.94 bits per heavy atom. The summed E-state index contributed by atoms with van der Waals surface area (Å²) in [5.41, 5.74) is 0. The number of aromatic nitrogens is 4. The van der Waals surface area contributed by atoms with Crippen LogP contribution in [0.15, 0.2) is 25.3 Å². The lowest BCUT2D eigenvalue weighted by Crippen LogP contribution is -2.04. The van der Waals surface area contributed by atoms with Crippen molar-refractivity contribution in [1.29, 1.82) is 0 Å². The van der Waals surface area contributed by atoms with Crippen molar-refractivity contribution < 1.29 is 4.42 Å². The molecule has 2 aromatic rings. The van der Waals surface area contributed by atoms with Crippen LogP contribution in [0, 0.1) is 6.92 Å². The van der Waals surface area contributed by atoms with E-state index >= 15 is 0 Å². The van der Waals surface area contributed by atoms with Gasteiger partial charge in [0.25, 0.3) is 5.22 Å². The van der Waals surface area contributed by atoms with Crippen LogP contribution < -0.4 is 5.32 Å². The maximum absolute atomic E-state index is 5.30. The summed E-state index contributed by atoms with van der Waals surface area (Å²) in [5.74, 6) is 1.13. The third-order valence-corrected chi connectivity index (χ3v) is 3.62. The van der Waals surface area contributed by atoms with Crippen LogP contribution in [-0.2, 0) is 0 Å². The average Bonchev–Trinajstić information content (AvgIpc) is 2.76. The quantitative estimate of drug-likeness (QED) is 0.845. The smallest absolute Gasteiger partial charge is 0.282 e. The standard InChI is InChI=1S/C10H12BrN5OS/c1-3-4-12-9-13-5-7(11)8(14-9)18-10-16-15-6(2)17-10/h5H,3-4H2,1-2H3,(H,12,13,14). The molecule has 0 saturated heterocycles. The minimum absolute atomic E-state index is 0.466. The first-order valence-electron chi connectivity index (χ1n) is 5.43. The predicted molar refractivity (Wildman–Crippen MR) is 71.7 cm³/mol. The third-order valence-electron chi connectivity index (χ3n) is 1.94. The second-order valence-electron chi connectivity index (χ2n) is 3.46. The van der Waals surface area contributed by atoms with Crippen molar-refractivity contribution in [2.45, 2.75) is 30.5 Å². The van der Waals surface area contributed by atoms with Crippen molar-refractivity contribution in [2.75, 3.05) is 11.9 Å². The van der Waals surface area contributed by atoms with Gasteiger partial charge in [-0.1, -0.05) is 6.92 Å². The Kier molecular flexibility index (Phi) is 4.54. The highest BCUT2D eigenvalue weighted by atomic mass is 79.9. The highest BCUT2D eigenvalue weighted by Crippen LogP contribution is 2.31. The van der Waals surface area contributed by atoms with Gasteiger partial charge in [-0.2, -0.15) is 0 Å². The zero-order chi connectivity index (χ0) is 13.0. The number of nitrogens with zero attached hydrogens (tertiary/aromatic N) is 4. The van der Waals surface area contributed by atoms with Crippen molar-refractivity contribution in [3.8, 4) is 0 Å². The molecular formula is C10H12BrN5OS. The number of hydrogen-bond donors (Lipinski definition) is 1. The topological polar surface area (TPSA) is 76.7 Å². The molecule has 0 spiro atoms. The molecule has 6 nitrogen and oxygen atoms in total. The van der Waals surface area contributed by atoms with Crippen LogP contribution in [-0.4, -0.2) is 26.7 Å². The lowest BCUT2D eigenvalue weighted by atomic mass is 10.5. The minimum Gasteiger partial charge on any atom is -0.416 e. The fraction of sp³-hybridized carbons (Fsp3) is 0.400. The summed E-state index contributed by atoms with van der Waals surface area (Å²) in [6, 6.07) is 0. The van der Waals surface area contributed by atoms with Gasteiger partial charge in [0, 0.05) is 19.7 Å². The molecule has 2 heterocycles. The Bertz CT molecular complexity index is 533. The van der Waals surface area contributed by atoms with Crippen LogP contribution in [0.4, 0.5) is 5.95 Å². The van der Waals surface area contributed by atoms with Crippen LogP contribution in [0.1, 0.15) is 19.2 Å². The number of halogens is 1. The number of aryl methyl sites for hydroxylation is 1. The largest absolute Gasteiger partial charge is 0.416 e. The Balaban J connectivity index is 2.15. The molecule has 0 aliphatic carbocycles. The summed E-state index contributed by atoms with van der Waals surface area (Å²) in [5, 5.41) is 12.0. The van der Waals surface area contributed by atoms with Gasteiger partial charge in [0.05, 0.1) is 4.47 Å². The van der Waals surface area contributed by atoms with E-state index in [1.54, 1.807) is 13.1 Å². The van der Waals surface area contributed by atoms with E-state index in [9.17, 15) is 0 Å². The molecule has 0 unspecified atom stereocenters. The first-order chi connectivity index (χ1) is 8.69. The maximum atomic E-state index is 5.30. The van der Waals surface area contributed by atoms with Gasteiger partial charge in [-0.3, -0.25) is 0 Å². The molecule has 0 amide bonds. The average molecular weight is 330 g/mol. The Labute approximate surface area is 117 Å². The van der Waals surface area contributed by atoms with Gasteiger partial charge in [0.1, 0.15) is 5.03 Å². The van der Waals surface area contributed by atoms with E-state index in [4.69, 9.17) is 4.42 Å². The summed E-state index contributed by atoms with van der Waals surface area (Å²) in [6.45, 7) is 4.68. The van der Waals surface area contributed by atoms with Crippen LogP contribution in [0.3, 0.4) is 0 Å². The van der Waals surface area contributed by atoms with Crippen molar-refractivity contribution in [3.05, 3.63) is 16.6 Å². The number of hydrogen-bond acceptors (Lipinski definition) is 7. The van der Waals surface area contributed by atoms with Crippen molar-refractivity contribution in [3.63, 3.8) is 0 Å². The van der Waals surface area contributed by atoms with Crippen molar-refractivity contribution >= 4 is 33.6 Å². The van der Waals surface area contributed by atoms with E-state index in [0.717, 1.165) is 22.5 Å². The minimum atomic E-state index is 0.466. The molecule has 0 fully saturated rings. The normalized spacial score (nSPS) is 10.6. The van der Waals surface area contributed by atoms with Gasteiger partial charge in [-0.05, 0) is 34.1 Å². The molecule has 0 atom stereocenters. The first kappa shape index (κ1) is 13.3. The Hall–Kier alpha value is -1.15. The van der Waals surface area contributed by atoms with E-state index in [1.807, 2.05) is 0 Å². The fourth-order valence-corrected chi connectivity index (χ4v) is 2.27. The van der Waals surface area contributed by atoms with Gasteiger partial charge in [-0.25, -0.2) is 9.97 Å². The van der Waals surface area contributed by atoms with Crippen molar-refractivity contribution in [2.24, 2.45) is 0 Å². The van der Waals surface area contributed by atoms with Crippen LogP contribution in [0.2, 0.25) is 0 Å². The van der Waals surface area contributed by atoms with Crippen molar-refractivity contribution in [1.82, 2.24) is 20.2 Å². The summed E-state index contributed by atoms with van der Waals surface area (Å²) in [7, 11) is 0. The van der Waals surface area contributed by atoms with Gasteiger partial charge < -0.3 is 9.73 Å². The Morgan fingerprint density at radius 1 is 1.44 bits per heavy atom. The molecule has 18 heavy (non-hydrogen) atoms. The summed E-state index contributed by atoms with van der Waals surface area (Å²) < 4.78 is 6.10. The van der Waals surface area contributed by atoms with E-state index in [2.05, 4.69) is 48.3 Å². The molecule has 0 bridgehead atoms. The molecule has 0 aromatic carbocycles. The molecule has 2 rings (SSSR count). The van der Waals surface area contributed by atoms with Crippen LogP contribution in [0.25, 0.3) is 0 Å². The highest BCUT2D eigenvalue weighted by molar-refractivity contribution is 9.10. The molecule has 0 saturated carbocycles. The molecule has 0 aliphatic rings. The number of nitrogens with one attached hydrogen (secondary N) is 1. The maximum Gasteiger partial charge on any atom is 0.282 e. The van der Waals surface area contributed by atoms with Crippen LogP contribution in [0.5, 0.6) is 0 Å².